The third-order valence-electron chi connectivity index (χ3n) is 3.63. The van der Waals surface area contributed by atoms with Gasteiger partial charge in [-0.1, -0.05) is 33.2 Å². The Balaban J connectivity index is 1.65. The number of hydrogen-bond acceptors (Lipinski definition) is 4. The van der Waals surface area contributed by atoms with Gasteiger partial charge in [0, 0.05) is 29.7 Å². The number of rotatable bonds is 6. The van der Waals surface area contributed by atoms with E-state index >= 15 is 0 Å². The number of nitrogens with zero attached hydrogens (tertiary/aromatic N) is 1. The molecule has 2 aromatic rings. The minimum Gasteiger partial charge on any atom is -0.377 e. The lowest BCUT2D eigenvalue weighted by atomic mass is 10.1. The van der Waals surface area contributed by atoms with Crippen molar-refractivity contribution >= 4 is 15.9 Å². The van der Waals surface area contributed by atoms with Crippen LogP contribution in [0, 0.1) is 0 Å². The first-order valence-electron chi connectivity index (χ1n) is 6.66. The Kier molecular flexibility index (Phi) is 3.92. The van der Waals surface area contributed by atoms with Crippen LogP contribution < -0.4 is 5.32 Å². The predicted octanol–water partition coefficient (Wildman–Crippen LogP) is 3.36. The Morgan fingerprint density at radius 3 is 2.95 bits per heavy atom. The monoisotopic (exact) mass is 336 g/mol. The van der Waals surface area contributed by atoms with Crippen molar-refractivity contribution in [1.82, 2.24) is 10.5 Å². The second-order valence-corrected chi connectivity index (χ2v) is 6.08. The Morgan fingerprint density at radius 1 is 1.40 bits per heavy atom. The predicted molar refractivity (Wildman–Crippen MR) is 79.1 cm³/mol. The highest BCUT2D eigenvalue weighted by molar-refractivity contribution is 9.10. The van der Waals surface area contributed by atoms with Crippen LogP contribution in [-0.2, 0) is 23.4 Å². The molecular formula is C15H17BrN2O2. The Labute approximate surface area is 126 Å². The van der Waals surface area contributed by atoms with Gasteiger partial charge in [0.25, 0.3) is 0 Å². The van der Waals surface area contributed by atoms with Gasteiger partial charge >= 0.3 is 0 Å². The molecule has 1 aliphatic carbocycles. The molecule has 1 aliphatic rings. The number of halogens is 1. The van der Waals surface area contributed by atoms with Crippen molar-refractivity contribution in [2.75, 3.05) is 7.11 Å². The normalized spacial score (nSPS) is 16.3. The number of benzene rings is 1. The van der Waals surface area contributed by atoms with Crippen molar-refractivity contribution in [3.8, 4) is 0 Å². The molecule has 0 amide bonds. The fourth-order valence-corrected chi connectivity index (χ4v) is 2.79. The molecule has 0 atom stereocenters. The molecule has 1 saturated carbocycles. The lowest BCUT2D eigenvalue weighted by molar-refractivity contribution is 0.155. The van der Waals surface area contributed by atoms with Crippen molar-refractivity contribution in [3.05, 3.63) is 51.8 Å². The maximum atomic E-state index is 5.19. The fraction of sp³-hybridized carbons (Fsp3) is 0.400. The van der Waals surface area contributed by atoms with Crippen LogP contribution in [0.25, 0.3) is 0 Å². The fourth-order valence-electron chi connectivity index (χ4n) is 2.39. The Bertz CT molecular complexity index is 593. The molecule has 0 spiro atoms. The standard InChI is InChI=1S/C15H17BrN2O2/c1-19-10-14-8-13(18-20-14)9-17-15(5-6-15)11-3-2-4-12(16)7-11/h2-4,7-8,17H,5-6,9-10H2,1H3. The van der Waals surface area contributed by atoms with Crippen LogP contribution >= 0.6 is 15.9 Å². The third-order valence-corrected chi connectivity index (χ3v) is 4.12. The van der Waals surface area contributed by atoms with Gasteiger partial charge in [-0.25, -0.2) is 0 Å². The molecule has 0 bridgehead atoms. The first-order valence-corrected chi connectivity index (χ1v) is 7.46. The van der Waals surface area contributed by atoms with Gasteiger partial charge in [-0.15, -0.1) is 0 Å². The molecular weight excluding hydrogens is 320 g/mol. The summed E-state index contributed by atoms with van der Waals surface area (Å²) in [5.74, 6) is 0.761. The number of hydrogen-bond donors (Lipinski definition) is 1. The maximum Gasteiger partial charge on any atom is 0.162 e. The smallest absolute Gasteiger partial charge is 0.162 e. The second kappa shape index (κ2) is 5.68. The first kappa shape index (κ1) is 13.8. The Hall–Kier alpha value is -1.17. The first-order chi connectivity index (χ1) is 9.72. The molecule has 0 aliphatic heterocycles. The van der Waals surface area contributed by atoms with Crippen molar-refractivity contribution < 1.29 is 9.26 Å². The van der Waals surface area contributed by atoms with E-state index in [0.29, 0.717) is 13.2 Å². The summed E-state index contributed by atoms with van der Waals surface area (Å²) in [6, 6.07) is 10.4. The van der Waals surface area contributed by atoms with Gasteiger partial charge in [0.1, 0.15) is 6.61 Å². The molecule has 0 unspecified atom stereocenters. The van der Waals surface area contributed by atoms with Gasteiger partial charge in [-0.05, 0) is 30.5 Å². The van der Waals surface area contributed by atoms with E-state index < -0.39 is 0 Å². The molecule has 0 radical (unpaired) electrons. The van der Waals surface area contributed by atoms with Crippen LogP contribution in [0.1, 0.15) is 29.9 Å². The molecule has 1 heterocycles. The third kappa shape index (κ3) is 2.95. The number of methoxy groups -OCH3 is 1. The molecule has 4 nitrogen and oxygen atoms in total. The van der Waals surface area contributed by atoms with Crippen LogP contribution in [0.15, 0.2) is 39.3 Å². The highest BCUT2D eigenvalue weighted by Gasteiger charge is 2.43. The largest absolute Gasteiger partial charge is 0.377 e. The highest BCUT2D eigenvalue weighted by atomic mass is 79.9. The van der Waals surface area contributed by atoms with Gasteiger partial charge in [0.05, 0.1) is 5.69 Å². The van der Waals surface area contributed by atoms with Gasteiger partial charge < -0.3 is 14.6 Å². The van der Waals surface area contributed by atoms with E-state index in [1.54, 1.807) is 7.11 Å². The molecule has 1 aromatic heterocycles. The topological polar surface area (TPSA) is 47.3 Å². The minimum absolute atomic E-state index is 0.101. The van der Waals surface area contributed by atoms with E-state index in [-0.39, 0.29) is 5.54 Å². The van der Waals surface area contributed by atoms with Gasteiger partial charge in [0.2, 0.25) is 0 Å². The van der Waals surface area contributed by atoms with Crippen LogP contribution in [0.4, 0.5) is 0 Å². The summed E-state index contributed by atoms with van der Waals surface area (Å²) in [4.78, 5) is 0. The van der Waals surface area contributed by atoms with E-state index in [9.17, 15) is 0 Å². The number of aromatic nitrogens is 1. The Morgan fingerprint density at radius 2 is 2.25 bits per heavy atom. The molecule has 106 valence electrons. The summed E-state index contributed by atoms with van der Waals surface area (Å²) in [5.41, 5.74) is 2.34. The maximum absolute atomic E-state index is 5.19. The molecule has 1 N–H and O–H groups in total. The van der Waals surface area contributed by atoms with E-state index in [4.69, 9.17) is 9.26 Å². The molecule has 1 fully saturated rings. The van der Waals surface area contributed by atoms with Gasteiger partial charge in [-0.2, -0.15) is 0 Å². The number of ether oxygens (including phenoxy) is 1. The van der Waals surface area contributed by atoms with E-state index in [1.807, 2.05) is 12.1 Å². The zero-order valence-electron chi connectivity index (χ0n) is 11.4. The zero-order chi connectivity index (χ0) is 14.0. The highest BCUT2D eigenvalue weighted by Crippen LogP contribution is 2.46. The molecule has 20 heavy (non-hydrogen) atoms. The molecule has 1 aromatic carbocycles. The van der Waals surface area contributed by atoms with Crippen LogP contribution in [0.2, 0.25) is 0 Å². The summed E-state index contributed by atoms with van der Waals surface area (Å²) in [5, 5.41) is 7.65. The van der Waals surface area contributed by atoms with Crippen LogP contribution in [0.3, 0.4) is 0 Å². The summed E-state index contributed by atoms with van der Waals surface area (Å²) in [7, 11) is 1.65. The average molecular weight is 337 g/mol. The van der Waals surface area contributed by atoms with E-state index in [0.717, 1.165) is 28.8 Å². The minimum atomic E-state index is 0.101. The van der Waals surface area contributed by atoms with Crippen LogP contribution in [-0.4, -0.2) is 12.3 Å². The molecule has 5 heteroatoms. The summed E-state index contributed by atoms with van der Waals surface area (Å²) in [6.07, 6.45) is 2.32. The summed E-state index contributed by atoms with van der Waals surface area (Å²) in [6.45, 7) is 1.17. The van der Waals surface area contributed by atoms with Gasteiger partial charge in [-0.3, -0.25) is 0 Å². The SMILES string of the molecule is COCc1cc(CNC2(c3cccc(Br)c3)CC2)no1. The quantitative estimate of drug-likeness (QED) is 0.878. The van der Waals surface area contributed by atoms with Crippen molar-refractivity contribution in [2.24, 2.45) is 0 Å². The summed E-state index contributed by atoms with van der Waals surface area (Å²) >= 11 is 3.53. The van der Waals surface area contributed by atoms with Crippen molar-refractivity contribution in [1.29, 1.82) is 0 Å². The number of nitrogens with one attached hydrogen (secondary N) is 1. The zero-order valence-corrected chi connectivity index (χ0v) is 12.9. The second-order valence-electron chi connectivity index (χ2n) is 5.16. The van der Waals surface area contributed by atoms with Gasteiger partial charge in [0.15, 0.2) is 5.76 Å². The van der Waals surface area contributed by atoms with Crippen molar-refractivity contribution in [2.45, 2.75) is 31.5 Å². The lowest BCUT2D eigenvalue weighted by Crippen LogP contribution is -2.28. The average Bonchev–Trinajstić information content (AvgIpc) is 3.11. The van der Waals surface area contributed by atoms with Crippen LogP contribution in [0.5, 0.6) is 0 Å². The van der Waals surface area contributed by atoms with E-state index in [2.05, 4.69) is 44.6 Å². The van der Waals surface area contributed by atoms with Crippen molar-refractivity contribution in [3.63, 3.8) is 0 Å². The lowest BCUT2D eigenvalue weighted by Gasteiger charge is -2.17. The molecule has 3 rings (SSSR count). The summed E-state index contributed by atoms with van der Waals surface area (Å²) < 4.78 is 11.3. The van der Waals surface area contributed by atoms with E-state index in [1.165, 1.54) is 5.56 Å². The molecule has 0 saturated heterocycles.